The number of carbonyl (C=O) groups is 3. The van der Waals surface area contributed by atoms with E-state index in [9.17, 15) is 14.4 Å². The molecule has 1 atom stereocenters. The number of carbonyl (C=O) groups excluding carboxylic acids is 3. The van der Waals surface area contributed by atoms with Gasteiger partial charge in [-0.15, -0.1) is 0 Å². The summed E-state index contributed by atoms with van der Waals surface area (Å²) in [6, 6.07) is -0.675. The van der Waals surface area contributed by atoms with Gasteiger partial charge in [-0.1, -0.05) is 13.8 Å². The van der Waals surface area contributed by atoms with Crippen LogP contribution in [0.15, 0.2) is 0 Å². The second kappa shape index (κ2) is 9.34. The van der Waals surface area contributed by atoms with Crippen LogP contribution in [0, 0.1) is 5.92 Å². The van der Waals surface area contributed by atoms with Crippen LogP contribution in [0.2, 0.25) is 0 Å². The molecule has 0 aliphatic rings. The summed E-state index contributed by atoms with van der Waals surface area (Å²) < 4.78 is 5.29. The Morgan fingerprint density at radius 1 is 1.22 bits per heavy atom. The molecule has 0 aromatic heterocycles. The Hall–Kier alpha value is -1.83. The van der Waals surface area contributed by atoms with Gasteiger partial charge >= 0.3 is 6.09 Å². The molecule has 0 aliphatic carbocycles. The standard InChI is InChI=1S/C15H30N4O4/c1-10(2)9-11(13(21)18-17-8-7-12(16)20)19(6)14(22)23-15(3,4)5/h10-11,17H,7-9H2,1-6H3,(H2,16,20)(H,18,21). The number of primary amides is 1. The van der Waals surface area contributed by atoms with Gasteiger partial charge in [0.05, 0.1) is 0 Å². The maximum atomic E-state index is 12.3. The van der Waals surface area contributed by atoms with E-state index in [1.165, 1.54) is 11.9 Å². The molecular formula is C15H30N4O4. The van der Waals surface area contributed by atoms with Gasteiger partial charge in [-0.3, -0.25) is 19.9 Å². The van der Waals surface area contributed by atoms with E-state index >= 15 is 0 Å². The van der Waals surface area contributed by atoms with Crippen molar-refractivity contribution in [3.8, 4) is 0 Å². The molecule has 0 radical (unpaired) electrons. The number of rotatable bonds is 8. The third-order valence-electron chi connectivity index (χ3n) is 2.85. The molecule has 0 fully saturated rings. The molecule has 23 heavy (non-hydrogen) atoms. The summed E-state index contributed by atoms with van der Waals surface area (Å²) in [4.78, 5) is 36.4. The van der Waals surface area contributed by atoms with Crippen LogP contribution in [0.25, 0.3) is 0 Å². The number of nitrogens with zero attached hydrogens (tertiary/aromatic N) is 1. The Balaban J connectivity index is 4.74. The molecule has 4 N–H and O–H groups in total. The lowest BCUT2D eigenvalue weighted by molar-refractivity contribution is -0.128. The predicted molar refractivity (Wildman–Crippen MR) is 87.2 cm³/mol. The Morgan fingerprint density at radius 2 is 1.78 bits per heavy atom. The van der Waals surface area contributed by atoms with Crippen LogP contribution in [0.1, 0.15) is 47.5 Å². The summed E-state index contributed by atoms with van der Waals surface area (Å²) in [5.41, 5.74) is 9.51. The number of hydrogen-bond acceptors (Lipinski definition) is 5. The smallest absolute Gasteiger partial charge is 0.410 e. The summed E-state index contributed by atoms with van der Waals surface area (Å²) in [6.45, 7) is 9.45. The molecule has 8 heteroatoms. The molecule has 1 unspecified atom stereocenters. The zero-order valence-electron chi connectivity index (χ0n) is 14.9. The topological polar surface area (TPSA) is 114 Å². The lowest BCUT2D eigenvalue weighted by Gasteiger charge is -2.30. The Labute approximate surface area is 138 Å². The molecular weight excluding hydrogens is 300 g/mol. The van der Waals surface area contributed by atoms with Crippen LogP contribution in [0.3, 0.4) is 0 Å². The average Bonchev–Trinajstić information content (AvgIpc) is 2.37. The van der Waals surface area contributed by atoms with Gasteiger partial charge in [0.2, 0.25) is 5.91 Å². The summed E-state index contributed by atoms with van der Waals surface area (Å²) in [7, 11) is 1.53. The molecule has 0 spiro atoms. The molecule has 0 aromatic carbocycles. The zero-order valence-corrected chi connectivity index (χ0v) is 14.9. The molecule has 0 saturated carbocycles. The fraction of sp³-hybridized carbons (Fsp3) is 0.800. The predicted octanol–water partition coefficient (Wildman–Crippen LogP) is 0.764. The number of ether oxygens (including phenoxy) is 1. The Bertz CT molecular complexity index is 418. The third-order valence-corrected chi connectivity index (χ3v) is 2.85. The molecule has 134 valence electrons. The van der Waals surface area contributed by atoms with Crippen LogP contribution in [0.4, 0.5) is 4.79 Å². The molecule has 3 amide bonds. The first-order chi connectivity index (χ1) is 10.4. The minimum absolute atomic E-state index is 0.108. The molecule has 0 heterocycles. The van der Waals surface area contributed by atoms with Crippen molar-refractivity contribution in [3.63, 3.8) is 0 Å². The highest BCUT2D eigenvalue weighted by molar-refractivity contribution is 5.85. The van der Waals surface area contributed by atoms with E-state index in [1.807, 2.05) is 13.8 Å². The van der Waals surface area contributed by atoms with Crippen molar-refractivity contribution < 1.29 is 19.1 Å². The summed E-state index contributed by atoms with van der Waals surface area (Å²) >= 11 is 0. The van der Waals surface area contributed by atoms with Crippen molar-refractivity contribution in [1.29, 1.82) is 0 Å². The van der Waals surface area contributed by atoms with Crippen molar-refractivity contribution in [3.05, 3.63) is 0 Å². The van der Waals surface area contributed by atoms with Crippen LogP contribution in [0.5, 0.6) is 0 Å². The zero-order chi connectivity index (χ0) is 18.2. The first-order valence-corrected chi connectivity index (χ1v) is 7.71. The van der Waals surface area contributed by atoms with Gasteiger partial charge < -0.3 is 10.5 Å². The van der Waals surface area contributed by atoms with E-state index < -0.39 is 23.6 Å². The largest absolute Gasteiger partial charge is 0.444 e. The van der Waals surface area contributed by atoms with Gasteiger partial charge in [0.25, 0.3) is 5.91 Å². The van der Waals surface area contributed by atoms with Crippen molar-refractivity contribution in [2.24, 2.45) is 11.7 Å². The van der Waals surface area contributed by atoms with Gasteiger partial charge in [-0.05, 0) is 33.1 Å². The van der Waals surface area contributed by atoms with E-state index in [4.69, 9.17) is 10.5 Å². The summed E-state index contributed by atoms with van der Waals surface area (Å²) in [5.74, 6) is -0.617. The van der Waals surface area contributed by atoms with Gasteiger partial charge in [-0.25, -0.2) is 10.2 Å². The van der Waals surface area contributed by atoms with Gasteiger partial charge in [-0.2, -0.15) is 0 Å². The van der Waals surface area contributed by atoms with E-state index in [0.29, 0.717) is 6.42 Å². The minimum Gasteiger partial charge on any atom is -0.444 e. The van der Waals surface area contributed by atoms with E-state index in [0.717, 1.165) is 0 Å². The van der Waals surface area contributed by atoms with Crippen molar-refractivity contribution in [2.45, 2.75) is 59.1 Å². The van der Waals surface area contributed by atoms with Crippen molar-refractivity contribution >= 4 is 17.9 Å². The van der Waals surface area contributed by atoms with Crippen LogP contribution in [-0.2, 0) is 14.3 Å². The number of nitrogens with one attached hydrogen (secondary N) is 2. The monoisotopic (exact) mass is 330 g/mol. The second-order valence-corrected chi connectivity index (χ2v) is 6.87. The maximum Gasteiger partial charge on any atom is 0.410 e. The molecule has 0 aromatic rings. The van der Waals surface area contributed by atoms with E-state index in [1.54, 1.807) is 20.8 Å². The number of nitrogens with two attached hydrogens (primary N) is 1. The van der Waals surface area contributed by atoms with Crippen LogP contribution in [-0.4, -0.2) is 48.0 Å². The molecule has 0 rings (SSSR count). The van der Waals surface area contributed by atoms with Gasteiger partial charge in [0, 0.05) is 20.0 Å². The number of hydrazine groups is 1. The fourth-order valence-corrected chi connectivity index (χ4v) is 1.77. The fourth-order valence-electron chi connectivity index (χ4n) is 1.77. The highest BCUT2D eigenvalue weighted by Crippen LogP contribution is 2.15. The SMILES string of the molecule is CC(C)CC(C(=O)NNCCC(N)=O)N(C)C(=O)OC(C)(C)C. The normalized spacial score (nSPS) is 12.7. The first kappa shape index (κ1) is 21.2. The van der Waals surface area contributed by atoms with Gasteiger partial charge in [0.1, 0.15) is 11.6 Å². The number of hydrogen-bond donors (Lipinski definition) is 3. The Morgan fingerprint density at radius 3 is 2.22 bits per heavy atom. The first-order valence-electron chi connectivity index (χ1n) is 7.71. The third kappa shape index (κ3) is 9.72. The molecule has 0 saturated heterocycles. The lowest BCUT2D eigenvalue weighted by Crippen LogP contribution is -2.53. The highest BCUT2D eigenvalue weighted by atomic mass is 16.6. The van der Waals surface area contributed by atoms with Gasteiger partial charge in [0.15, 0.2) is 0 Å². The maximum absolute atomic E-state index is 12.3. The summed E-state index contributed by atoms with van der Waals surface area (Å²) in [5, 5.41) is 0. The van der Waals surface area contributed by atoms with E-state index in [2.05, 4.69) is 10.9 Å². The van der Waals surface area contributed by atoms with Crippen molar-refractivity contribution in [1.82, 2.24) is 15.8 Å². The second-order valence-electron chi connectivity index (χ2n) is 6.87. The lowest BCUT2D eigenvalue weighted by atomic mass is 10.0. The molecule has 0 bridgehead atoms. The summed E-state index contributed by atoms with van der Waals surface area (Å²) in [6.07, 6.45) is 0.0336. The van der Waals surface area contributed by atoms with Crippen LogP contribution < -0.4 is 16.6 Å². The van der Waals surface area contributed by atoms with Crippen LogP contribution >= 0.6 is 0 Å². The quantitative estimate of drug-likeness (QED) is 0.449. The molecule has 0 aliphatic heterocycles. The highest BCUT2D eigenvalue weighted by Gasteiger charge is 2.30. The van der Waals surface area contributed by atoms with E-state index in [-0.39, 0.29) is 24.8 Å². The van der Waals surface area contributed by atoms with Crippen molar-refractivity contribution in [2.75, 3.05) is 13.6 Å². The Kier molecular flexibility index (Phi) is 8.60. The number of likely N-dealkylation sites (N-methyl/N-ethyl adjacent to an activating group) is 1. The number of amides is 3. The minimum atomic E-state index is -0.675. The molecule has 8 nitrogen and oxygen atoms in total. The average molecular weight is 330 g/mol.